The van der Waals surface area contributed by atoms with Gasteiger partial charge in [-0.1, -0.05) is 49.4 Å². The molecule has 1 heterocycles. The van der Waals surface area contributed by atoms with Crippen LogP contribution in [-0.2, 0) is 4.79 Å². The molecule has 0 saturated carbocycles. The normalized spacial score (nSPS) is 21.1. The van der Waals surface area contributed by atoms with Crippen molar-refractivity contribution in [2.75, 3.05) is 12.4 Å². The van der Waals surface area contributed by atoms with Gasteiger partial charge in [-0.3, -0.25) is 4.79 Å². The van der Waals surface area contributed by atoms with Gasteiger partial charge in [-0.05, 0) is 52.4 Å². The van der Waals surface area contributed by atoms with Crippen LogP contribution in [0.4, 0.5) is 5.69 Å². The van der Waals surface area contributed by atoms with Crippen LogP contribution in [0, 0.1) is 5.92 Å². The lowest BCUT2D eigenvalue weighted by atomic mass is 9.74. The average Bonchev–Trinajstić information content (AvgIpc) is 2.72. The molecule has 0 fully saturated rings. The van der Waals surface area contributed by atoms with Gasteiger partial charge < -0.3 is 10.1 Å². The largest absolute Gasteiger partial charge is 0.497 e. The smallest absolute Gasteiger partial charge is 0.161 e. The number of anilines is 1. The molecule has 2 aliphatic rings. The Morgan fingerprint density at radius 2 is 1.75 bits per heavy atom. The van der Waals surface area contributed by atoms with Crippen molar-refractivity contribution >= 4 is 27.8 Å². The quantitative estimate of drug-likeness (QED) is 0.623. The summed E-state index contributed by atoms with van der Waals surface area (Å²) in [5.41, 5.74) is 5.56. The number of methoxy groups -OCH3 is 1. The van der Waals surface area contributed by atoms with Crippen LogP contribution < -0.4 is 10.1 Å². The molecule has 0 saturated heterocycles. The highest BCUT2D eigenvalue weighted by atomic mass is 16.5. The van der Waals surface area contributed by atoms with Crippen molar-refractivity contribution in [2.24, 2.45) is 5.92 Å². The molecule has 3 heteroatoms. The third-order valence-corrected chi connectivity index (χ3v) is 5.98. The number of ketones is 1. The van der Waals surface area contributed by atoms with Crippen molar-refractivity contribution in [3.63, 3.8) is 0 Å². The third kappa shape index (κ3) is 2.62. The van der Waals surface area contributed by atoms with Gasteiger partial charge in [0.2, 0.25) is 0 Å². The summed E-state index contributed by atoms with van der Waals surface area (Å²) in [5, 5.41) is 6.10. The first kappa shape index (κ1) is 17.1. The summed E-state index contributed by atoms with van der Waals surface area (Å²) in [6, 6.07) is 20.7. The number of nitrogens with one attached hydrogen (secondary N) is 1. The van der Waals surface area contributed by atoms with Crippen LogP contribution in [0.25, 0.3) is 16.3 Å². The lowest BCUT2D eigenvalue weighted by Gasteiger charge is -2.36. The second-order valence-corrected chi connectivity index (χ2v) is 7.89. The predicted octanol–water partition coefficient (Wildman–Crippen LogP) is 5.77. The Hall–Kier alpha value is -3.07. The number of Topliss-reactive ketones (excluding diaryl/α,β-unsaturated/α-hetero) is 1. The summed E-state index contributed by atoms with van der Waals surface area (Å²) in [5.74, 6) is 1.46. The number of carbonyl (C=O) groups excluding carboxylic acids is 1. The fourth-order valence-electron chi connectivity index (χ4n) is 4.69. The van der Waals surface area contributed by atoms with Gasteiger partial charge in [-0.25, -0.2) is 0 Å². The number of benzene rings is 3. The summed E-state index contributed by atoms with van der Waals surface area (Å²) in [6.45, 7) is 2.18. The van der Waals surface area contributed by atoms with Gasteiger partial charge in [-0.15, -0.1) is 0 Å². The Kier molecular flexibility index (Phi) is 3.97. The van der Waals surface area contributed by atoms with Crippen LogP contribution in [0.2, 0.25) is 0 Å². The molecule has 0 bridgehead atoms. The van der Waals surface area contributed by atoms with Gasteiger partial charge in [0.25, 0.3) is 0 Å². The van der Waals surface area contributed by atoms with Crippen LogP contribution in [0.3, 0.4) is 0 Å². The van der Waals surface area contributed by atoms with Crippen molar-refractivity contribution in [2.45, 2.75) is 25.8 Å². The van der Waals surface area contributed by atoms with Gasteiger partial charge >= 0.3 is 0 Å². The Morgan fingerprint density at radius 1 is 0.964 bits per heavy atom. The molecule has 0 unspecified atom stereocenters. The fraction of sp³-hybridized carbons (Fsp3) is 0.240. The van der Waals surface area contributed by atoms with E-state index in [0.29, 0.717) is 12.3 Å². The molecular weight excluding hydrogens is 346 g/mol. The molecule has 0 spiro atoms. The zero-order chi connectivity index (χ0) is 19.3. The van der Waals surface area contributed by atoms with E-state index in [9.17, 15) is 4.79 Å². The predicted molar refractivity (Wildman–Crippen MR) is 114 cm³/mol. The zero-order valence-electron chi connectivity index (χ0n) is 16.2. The average molecular weight is 369 g/mol. The van der Waals surface area contributed by atoms with E-state index in [-0.39, 0.29) is 11.8 Å². The van der Waals surface area contributed by atoms with Gasteiger partial charge in [-0.2, -0.15) is 0 Å². The van der Waals surface area contributed by atoms with Gasteiger partial charge in [0.05, 0.1) is 13.2 Å². The highest BCUT2D eigenvalue weighted by molar-refractivity contribution is 6.12. The maximum atomic E-state index is 13.2. The number of allylic oxidation sites excluding steroid dienone is 1. The maximum absolute atomic E-state index is 13.2. The van der Waals surface area contributed by atoms with Gasteiger partial charge in [0.15, 0.2) is 5.78 Å². The molecule has 140 valence electrons. The Morgan fingerprint density at radius 3 is 2.54 bits per heavy atom. The molecule has 3 aromatic rings. The number of rotatable bonds is 2. The lowest BCUT2D eigenvalue weighted by Crippen LogP contribution is -2.29. The summed E-state index contributed by atoms with van der Waals surface area (Å²) < 4.78 is 5.30. The minimum Gasteiger partial charge on any atom is -0.497 e. The topological polar surface area (TPSA) is 38.3 Å². The Balaban J connectivity index is 1.74. The highest BCUT2D eigenvalue weighted by Crippen LogP contribution is 2.49. The molecular formula is C25H23NO2. The van der Waals surface area contributed by atoms with E-state index in [1.54, 1.807) is 7.11 Å². The van der Waals surface area contributed by atoms with E-state index in [2.05, 4.69) is 60.8 Å². The van der Waals surface area contributed by atoms with Crippen LogP contribution in [0.1, 0.15) is 36.9 Å². The molecule has 1 aliphatic heterocycles. The first-order chi connectivity index (χ1) is 13.7. The summed E-state index contributed by atoms with van der Waals surface area (Å²) >= 11 is 0. The van der Waals surface area contributed by atoms with E-state index in [0.717, 1.165) is 29.0 Å². The van der Waals surface area contributed by atoms with Crippen molar-refractivity contribution in [1.82, 2.24) is 0 Å². The first-order valence-corrected chi connectivity index (χ1v) is 9.84. The van der Waals surface area contributed by atoms with E-state index < -0.39 is 0 Å². The van der Waals surface area contributed by atoms with Crippen LogP contribution >= 0.6 is 0 Å². The second kappa shape index (κ2) is 6.52. The summed E-state index contributed by atoms with van der Waals surface area (Å²) in [7, 11) is 1.67. The standard InChI is InChI=1S/C25H23NO2/c1-15-13-20-23-19-6-4-3-5-16(19)9-12-21(23)26-25(24(20)22(27)14-15)17-7-10-18(28-2)11-8-17/h3-12,15,25-26H,13-14H2,1-2H3/t15-,25+/m1/s1. The first-order valence-electron chi connectivity index (χ1n) is 9.84. The minimum atomic E-state index is -0.116. The van der Waals surface area contributed by atoms with Crippen LogP contribution in [-0.4, -0.2) is 12.9 Å². The zero-order valence-corrected chi connectivity index (χ0v) is 16.2. The number of hydrogen-bond acceptors (Lipinski definition) is 3. The molecule has 0 radical (unpaired) electrons. The molecule has 3 aromatic carbocycles. The molecule has 3 nitrogen and oxygen atoms in total. The van der Waals surface area contributed by atoms with Crippen LogP contribution in [0.5, 0.6) is 5.75 Å². The number of fused-ring (bicyclic) bond motifs is 4. The second-order valence-electron chi connectivity index (χ2n) is 7.89. The van der Waals surface area contributed by atoms with Crippen molar-refractivity contribution in [3.8, 4) is 5.75 Å². The van der Waals surface area contributed by atoms with Crippen LogP contribution in [0.15, 0.2) is 66.2 Å². The van der Waals surface area contributed by atoms with Crippen molar-refractivity contribution in [1.29, 1.82) is 0 Å². The summed E-state index contributed by atoms with van der Waals surface area (Å²) in [6.07, 6.45) is 1.56. The monoisotopic (exact) mass is 369 g/mol. The highest BCUT2D eigenvalue weighted by Gasteiger charge is 2.36. The number of carbonyl (C=O) groups is 1. The van der Waals surface area contributed by atoms with E-state index in [1.165, 1.54) is 21.9 Å². The van der Waals surface area contributed by atoms with E-state index >= 15 is 0 Å². The molecule has 1 N–H and O–H groups in total. The third-order valence-electron chi connectivity index (χ3n) is 5.98. The van der Waals surface area contributed by atoms with E-state index in [1.807, 2.05) is 12.1 Å². The SMILES string of the molecule is COc1ccc([C@@H]2Nc3ccc4ccccc4c3C3=C2C(=O)C[C@H](C)C3)cc1. The molecule has 1 aliphatic carbocycles. The Labute approximate surface area is 165 Å². The molecule has 0 amide bonds. The molecule has 28 heavy (non-hydrogen) atoms. The molecule has 5 rings (SSSR count). The van der Waals surface area contributed by atoms with Gasteiger partial charge in [0, 0.05) is 23.2 Å². The number of ether oxygens (including phenoxy) is 1. The van der Waals surface area contributed by atoms with E-state index in [4.69, 9.17) is 4.74 Å². The number of hydrogen-bond donors (Lipinski definition) is 1. The summed E-state index contributed by atoms with van der Waals surface area (Å²) in [4.78, 5) is 13.2. The van der Waals surface area contributed by atoms with Crippen molar-refractivity contribution in [3.05, 3.63) is 77.4 Å². The fourth-order valence-corrected chi connectivity index (χ4v) is 4.69. The maximum Gasteiger partial charge on any atom is 0.161 e. The van der Waals surface area contributed by atoms with Gasteiger partial charge in [0.1, 0.15) is 5.75 Å². The lowest BCUT2D eigenvalue weighted by molar-refractivity contribution is -0.116. The molecule has 2 atom stereocenters. The minimum absolute atomic E-state index is 0.116. The van der Waals surface area contributed by atoms with Crippen molar-refractivity contribution < 1.29 is 9.53 Å². The molecule has 0 aromatic heterocycles. The Bertz CT molecular complexity index is 1110.